The highest BCUT2D eigenvalue weighted by Crippen LogP contribution is 2.23. The van der Waals surface area contributed by atoms with Crippen molar-refractivity contribution < 1.29 is 14.0 Å². The first-order chi connectivity index (χ1) is 13.8. The third-order valence-electron chi connectivity index (χ3n) is 4.18. The number of nitrogens with one attached hydrogen (secondary N) is 2. The van der Waals surface area contributed by atoms with E-state index in [-0.39, 0.29) is 17.3 Å². The van der Waals surface area contributed by atoms with Crippen molar-refractivity contribution in [1.82, 2.24) is 14.8 Å². The number of benzene rings is 2. The summed E-state index contributed by atoms with van der Waals surface area (Å²) in [6.07, 6.45) is 1.60. The molecule has 2 amide bonds. The lowest BCUT2D eigenvalue weighted by Gasteiger charge is -2.10. The highest BCUT2D eigenvalue weighted by atomic mass is 32.2. The van der Waals surface area contributed by atoms with Gasteiger partial charge in [0.05, 0.1) is 11.4 Å². The fourth-order valence-corrected chi connectivity index (χ4v) is 3.32. The van der Waals surface area contributed by atoms with Crippen LogP contribution in [0.3, 0.4) is 0 Å². The molecular weight excluding hydrogens is 393 g/mol. The Morgan fingerprint density at radius 3 is 2.62 bits per heavy atom. The van der Waals surface area contributed by atoms with Crippen LogP contribution in [0.1, 0.15) is 18.1 Å². The molecule has 1 heterocycles. The molecule has 0 unspecified atom stereocenters. The number of nitrogens with zero attached hydrogens (tertiary/aromatic N) is 3. The number of halogens is 1. The molecule has 150 valence electrons. The molecule has 0 atom stereocenters. The lowest BCUT2D eigenvalue weighted by atomic mass is 10.1. The van der Waals surface area contributed by atoms with E-state index in [1.807, 2.05) is 36.6 Å². The predicted octanol–water partition coefficient (Wildman–Crippen LogP) is 3.71. The number of thioether (sulfide) groups is 1. The van der Waals surface area contributed by atoms with E-state index in [9.17, 15) is 14.0 Å². The maximum absolute atomic E-state index is 13.7. The standard InChI is InChI=1S/C20H20FN5O2S/c1-12-4-6-16(8-13(12)2)26-11-22-25-20(26)29-10-19(28)24-15-5-7-17(21)18(9-15)23-14(3)27/h4-9,11H,10H2,1-3H3,(H,23,27)(H,24,28). The fraction of sp³-hybridized carbons (Fsp3) is 0.200. The number of hydrogen-bond donors (Lipinski definition) is 2. The molecule has 0 aliphatic carbocycles. The Hall–Kier alpha value is -3.20. The highest BCUT2D eigenvalue weighted by molar-refractivity contribution is 7.99. The van der Waals surface area contributed by atoms with Gasteiger partial charge in [-0.05, 0) is 55.3 Å². The molecule has 2 aromatic carbocycles. The summed E-state index contributed by atoms with van der Waals surface area (Å²) < 4.78 is 15.5. The molecule has 1 aromatic heterocycles. The van der Waals surface area contributed by atoms with Crippen molar-refractivity contribution in [3.63, 3.8) is 0 Å². The minimum atomic E-state index is -0.575. The smallest absolute Gasteiger partial charge is 0.234 e. The average molecular weight is 413 g/mol. The molecule has 0 fully saturated rings. The molecular formula is C20H20FN5O2S. The summed E-state index contributed by atoms with van der Waals surface area (Å²) in [6, 6.07) is 10.0. The largest absolute Gasteiger partial charge is 0.325 e. The summed E-state index contributed by atoms with van der Waals surface area (Å²) in [4.78, 5) is 23.4. The Labute approximate surface area is 171 Å². The fourth-order valence-electron chi connectivity index (χ4n) is 2.59. The zero-order valence-corrected chi connectivity index (χ0v) is 17.0. The molecule has 0 radical (unpaired) electrons. The quantitative estimate of drug-likeness (QED) is 0.602. The van der Waals surface area contributed by atoms with Crippen LogP contribution in [-0.4, -0.2) is 32.3 Å². The van der Waals surface area contributed by atoms with E-state index in [0.29, 0.717) is 10.8 Å². The maximum Gasteiger partial charge on any atom is 0.234 e. The van der Waals surface area contributed by atoms with Gasteiger partial charge in [0.15, 0.2) is 5.16 Å². The van der Waals surface area contributed by atoms with E-state index in [1.165, 1.54) is 42.4 Å². The van der Waals surface area contributed by atoms with Gasteiger partial charge in [-0.25, -0.2) is 4.39 Å². The molecule has 0 spiro atoms. The number of hydrogen-bond acceptors (Lipinski definition) is 5. The second-order valence-corrected chi connectivity index (χ2v) is 7.41. The van der Waals surface area contributed by atoms with Gasteiger partial charge in [-0.3, -0.25) is 14.2 Å². The number of rotatable bonds is 6. The number of aromatic nitrogens is 3. The van der Waals surface area contributed by atoms with Crippen molar-refractivity contribution >= 4 is 35.0 Å². The lowest BCUT2D eigenvalue weighted by molar-refractivity contribution is -0.114. The zero-order valence-electron chi connectivity index (χ0n) is 16.2. The van der Waals surface area contributed by atoms with Crippen LogP contribution in [0, 0.1) is 19.7 Å². The second-order valence-electron chi connectivity index (χ2n) is 6.46. The molecule has 0 aliphatic heterocycles. The van der Waals surface area contributed by atoms with Gasteiger partial charge in [-0.1, -0.05) is 17.8 Å². The van der Waals surface area contributed by atoms with Crippen LogP contribution in [0.15, 0.2) is 47.9 Å². The summed E-state index contributed by atoms with van der Waals surface area (Å²) >= 11 is 1.24. The van der Waals surface area contributed by atoms with Crippen molar-refractivity contribution in [1.29, 1.82) is 0 Å². The SMILES string of the molecule is CC(=O)Nc1cc(NC(=O)CSc2nncn2-c2ccc(C)c(C)c2)ccc1F. The van der Waals surface area contributed by atoms with Crippen molar-refractivity contribution in [3.8, 4) is 5.69 Å². The van der Waals surface area contributed by atoms with E-state index in [4.69, 9.17) is 0 Å². The van der Waals surface area contributed by atoms with Crippen LogP contribution in [0.5, 0.6) is 0 Å². The van der Waals surface area contributed by atoms with E-state index >= 15 is 0 Å². The van der Waals surface area contributed by atoms with E-state index in [1.54, 1.807) is 6.33 Å². The molecule has 7 nitrogen and oxygen atoms in total. The Bertz CT molecular complexity index is 1070. The third-order valence-corrected chi connectivity index (χ3v) is 5.12. The van der Waals surface area contributed by atoms with Gasteiger partial charge in [0, 0.05) is 18.3 Å². The van der Waals surface area contributed by atoms with Crippen molar-refractivity contribution in [3.05, 3.63) is 59.7 Å². The summed E-state index contributed by atoms with van der Waals surface area (Å²) in [6.45, 7) is 5.35. The number of carbonyl (C=O) groups is 2. The van der Waals surface area contributed by atoms with Crippen LogP contribution in [0.2, 0.25) is 0 Å². The summed E-state index contributed by atoms with van der Waals surface area (Å²) in [7, 11) is 0. The van der Waals surface area contributed by atoms with Crippen molar-refractivity contribution in [2.75, 3.05) is 16.4 Å². The number of aryl methyl sites for hydroxylation is 2. The van der Waals surface area contributed by atoms with Crippen LogP contribution in [0.25, 0.3) is 5.69 Å². The number of amides is 2. The average Bonchev–Trinajstić information content (AvgIpc) is 3.13. The van der Waals surface area contributed by atoms with Crippen LogP contribution >= 0.6 is 11.8 Å². The van der Waals surface area contributed by atoms with Gasteiger partial charge in [0.1, 0.15) is 12.1 Å². The third kappa shape index (κ3) is 5.20. The maximum atomic E-state index is 13.7. The van der Waals surface area contributed by atoms with Gasteiger partial charge in [-0.2, -0.15) is 0 Å². The van der Waals surface area contributed by atoms with Crippen molar-refractivity contribution in [2.24, 2.45) is 0 Å². The molecule has 9 heteroatoms. The topological polar surface area (TPSA) is 88.9 Å². The van der Waals surface area contributed by atoms with Crippen LogP contribution in [0.4, 0.5) is 15.8 Å². The summed E-state index contributed by atoms with van der Waals surface area (Å²) in [5, 5.41) is 13.7. The molecule has 0 bridgehead atoms. The highest BCUT2D eigenvalue weighted by Gasteiger charge is 2.12. The van der Waals surface area contributed by atoms with Gasteiger partial charge in [-0.15, -0.1) is 10.2 Å². The minimum absolute atomic E-state index is 0.0115. The van der Waals surface area contributed by atoms with Crippen LogP contribution < -0.4 is 10.6 Å². The van der Waals surface area contributed by atoms with Crippen molar-refractivity contribution in [2.45, 2.75) is 25.9 Å². The first-order valence-corrected chi connectivity index (χ1v) is 9.79. The Morgan fingerprint density at radius 1 is 1.10 bits per heavy atom. The zero-order chi connectivity index (χ0) is 21.0. The number of carbonyl (C=O) groups excluding carboxylic acids is 2. The van der Waals surface area contributed by atoms with Gasteiger partial charge in [0.2, 0.25) is 11.8 Å². The van der Waals surface area contributed by atoms with Gasteiger partial charge < -0.3 is 10.6 Å². The molecule has 3 aromatic rings. The van der Waals surface area contributed by atoms with Gasteiger partial charge >= 0.3 is 0 Å². The molecule has 0 saturated heterocycles. The van der Waals surface area contributed by atoms with E-state index < -0.39 is 11.7 Å². The monoisotopic (exact) mass is 413 g/mol. The van der Waals surface area contributed by atoms with E-state index in [0.717, 1.165) is 11.3 Å². The Kier molecular flexibility index (Phi) is 6.28. The first-order valence-electron chi connectivity index (χ1n) is 8.81. The summed E-state index contributed by atoms with van der Waals surface area (Å²) in [5.74, 6) is -1.16. The first kappa shape index (κ1) is 20.5. The minimum Gasteiger partial charge on any atom is -0.325 e. The molecule has 0 saturated carbocycles. The second kappa shape index (κ2) is 8.87. The number of anilines is 2. The lowest BCUT2D eigenvalue weighted by Crippen LogP contribution is -2.15. The molecule has 2 N–H and O–H groups in total. The Balaban J connectivity index is 1.66. The summed E-state index contributed by atoms with van der Waals surface area (Å²) in [5.41, 5.74) is 3.65. The normalized spacial score (nSPS) is 10.6. The van der Waals surface area contributed by atoms with Crippen LogP contribution in [-0.2, 0) is 9.59 Å². The van der Waals surface area contributed by atoms with Gasteiger partial charge in [0.25, 0.3) is 0 Å². The predicted molar refractivity (Wildman–Crippen MR) is 111 cm³/mol. The molecule has 29 heavy (non-hydrogen) atoms. The Morgan fingerprint density at radius 2 is 1.90 bits per heavy atom. The molecule has 0 aliphatic rings. The molecule has 3 rings (SSSR count). The van der Waals surface area contributed by atoms with E-state index in [2.05, 4.69) is 20.8 Å².